The van der Waals surface area contributed by atoms with E-state index in [1.54, 1.807) is 13.1 Å². The maximum atomic E-state index is 11.7. The van der Waals surface area contributed by atoms with Gasteiger partial charge in [-0.05, 0) is 12.3 Å². The van der Waals surface area contributed by atoms with Gasteiger partial charge in [0.2, 0.25) is 5.91 Å². The highest BCUT2D eigenvalue weighted by Crippen LogP contribution is 2.20. The first-order valence-corrected chi connectivity index (χ1v) is 8.03. The summed E-state index contributed by atoms with van der Waals surface area (Å²) in [7, 11) is 0. The first kappa shape index (κ1) is 17.7. The quantitative estimate of drug-likeness (QED) is 0.737. The molecule has 2 aromatic rings. The van der Waals surface area contributed by atoms with Crippen LogP contribution in [0, 0.1) is 5.92 Å². The summed E-state index contributed by atoms with van der Waals surface area (Å²) in [6.07, 6.45) is 3.33. The van der Waals surface area contributed by atoms with E-state index in [1.807, 2.05) is 30.3 Å². The maximum Gasteiger partial charge on any atom is 0.303 e. The molecule has 0 saturated heterocycles. The molecule has 2 N–H and O–H groups in total. The van der Waals surface area contributed by atoms with Crippen LogP contribution in [0.15, 0.2) is 40.9 Å². The molecule has 2 rings (SSSR count). The first-order valence-electron chi connectivity index (χ1n) is 8.03. The van der Waals surface area contributed by atoms with Gasteiger partial charge in [0.25, 0.3) is 0 Å². The van der Waals surface area contributed by atoms with E-state index in [9.17, 15) is 9.59 Å². The third-order valence-electron chi connectivity index (χ3n) is 3.58. The summed E-state index contributed by atoms with van der Waals surface area (Å²) in [5.41, 5.74) is 0.974. The van der Waals surface area contributed by atoms with Crippen molar-refractivity contribution in [3.63, 3.8) is 0 Å². The topological polar surface area (TPSA) is 92.4 Å². The van der Waals surface area contributed by atoms with Gasteiger partial charge in [-0.25, -0.2) is 4.98 Å². The number of carbonyl (C=O) groups excluding carboxylic acids is 1. The van der Waals surface area contributed by atoms with Crippen LogP contribution in [0.1, 0.15) is 32.1 Å². The molecule has 1 aromatic heterocycles. The van der Waals surface area contributed by atoms with Crippen molar-refractivity contribution in [2.75, 3.05) is 6.54 Å². The van der Waals surface area contributed by atoms with Gasteiger partial charge in [-0.15, -0.1) is 0 Å². The summed E-state index contributed by atoms with van der Waals surface area (Å²) in [5, 5.41) is 11.4. The van der Waals surface area contributed by atoms with Crippen molar-refractivity contribution in [1.82, 2.24) is 10.3 Å². The number of amides is 1. The molecular weight excluding hydrogens is 308 g/mol. The number of nitrogens with zero attached hydrogens (tertiary/aromatic N) is 1. The molecule has 1 aromatic carbocycles. The Morgan fingerprint density at radius 1 is 1.29 bits per heavy atom. The Morgan fingerprint density at radius 3 is 2.75 bits per heavy atom. The second kappa shape index (κ2) is 8.86. The van der Waals surface area contributed by atoms with Crippen molar-refractivity contribution in [2.24, 2.45) is 5.92 Å². The predicted molar refractivity (Wildman–Crippen MR) is 89.3 cm³/mol. The molecule has 6 nitrogen and oxygen atoms in total. The van der Waals surface area contributed by atoms with Gasteiger partial charge in [0.15, 0.2) is 11.7 Å². The molecule has 0 aliphatic heterocycles. The third-order valence-corrected chi connectivity index (χ3v) is 3.58. The summed E-state index contributed by atoms with van der Waals surface area (Å²) in [5.74, 6) is 0.321. The Morgan fingerprint density at radius 2 is 2.04 bits per heavy atom. The SMILES string of the molecule is CC(CNC(=O)CCCc1ncc(-c2ccccc2)o1)CC(=O)O. The molecule has 1 heterocycles. The lowest BCUT2D eigenvalue weighted by molar-refractivity contribution is -0.138. The van der Waals surface area contributed by atoms with Crippen molar-refractivity contribution in [3.05, 3.63) is 42.4 Å². The number of aryl methyl sites for hydroxylation is 1. The number of aromatic nitrogens is 1. The van der Waals surface area contributed by atoms with Crippen molar-refractivity contribution in [3.8, 4) is 11.3 Å². The first-order chi connectivity index (χ1) is 11.5. The molecule has 0 aliphatic carbocycles. The minimum Gasteiger partial charge on any atom is -0.481 e. The van der Waals surface area contributed by atoms with Crippen LogP contribution in [0.5, 0.6) is 0 Å². The fourth-order valence-electron chi connectivity index (χ4n) is 2.31. The number of aliphatic carboxylic acids is 1. The van der Waals surface area contributed by atoms with Gasteiger partial charge in [0, 0.05) is 31.4 Å². The zero-order valence-electron chi connectivity index (χ0n) is 13.7. The van der Waals surface area contributed by atoms with E-state index in [2.05, 4.69) is 10.3 Å². The summed E-state index contributed by atoms with van der Waals surface area (Å²) < 4.78 is 5.69. The van der Waals surface area contributed by atoms with Gasteiger partial charge in [0.1, 0.15) is 0 Å². The highest BCUT2D eigenvalue weighted by molar-refractivity contribution is 5.76. The maximum absolute atomic E-state index is 11.7. The molecule has 1 unspecified atom stereocenters. The van der Waals surface area contributed by atoms with Gasteiger partial charge >= 0.3 is 5.97 Å². The number of benzene rings is 1. The van der Waals surface area contributed by atoms with Crippen LogP contribution in [0.2, 0.25) is 0 Å². The van der Waals surface area contributed by atoms with Crippen LogP contribution in [0.4, 0.5) is 0 Å². The number of carbonyl (C=O) groups is 2. The van der Waals surface area contributed by atoms with Gasteiger partial charge < -0.3 is 14.8 Å². The van der Waals surface area contributed by atoms with Crippen molar-refractivity contribution in [2.45, 2.75) is 32.6 Å². The molecule has 1 amide bonds. The molecule has 0 saturated carbocycles. The zero-order chi connectivity index (χ0) is 17.4. The lowest BCUT2D eigenvalue weighted by Crippen LogP contribution is -2.29. The lowest BCUT2D eigenvalue weighted by atomic mass is 10.1. The summed E-state index contributed by atoms with van der Waals surface area (Å²) in [6.45, 7) is 2.18. The number of hydrogen-bond acceptors (Lipinski definition) is 4. The number of hydrogen-bond donors (Lipinski definition) is 2. The number of oxazole rings is 1. The van der Waals surface area contributed by atoms with Crippen LogP contribution < -0.4 is 5.32 Å². The Balaban J connectivity index is 1.70. The lowest BCUT2D eigenvalue weighted by Gasteiger charge is -2.09. The molecule has 128 valence electrons. The molecule has 0 spiro atoms. The molecule has 0 fully saturated rings. The molecule has 0 bridgehead atoms. The van der Waals surface area contributed by atoms with E-state index in [0.717, 1.165) is 11.3 Å². The number of rotatable bonds is 9. The van der Waals surface area contributed by atoms with E-state index < -0.39 is 5.97 Å². The highest BCUT2D eigenvalue weighted by atomic mass is 16.4. The predicted octanol–water partition coefficient (Wildman–Crippen LogP) is 2.89. The van der Waals surface area contributed by atoms with Gasteiger partial charge in [-0.1, -0.05) is 37.3 Å². The molecule has 0 radical (unpaired) electrons. The summed E-state index contributed by atoms with van der Waals surface area (Å²) >= 11 is 0. The average molecular weight is 330 g/mol. The fraction of sp³-hybridized carbons (Fsp3) is 0.389. The largest absolute Gasteiger partial charge is 0.481 e. The van der Waals surface area contributed by atoms with Crippen LogP contribution in [0.25, 0.3) is 11.3 Å². The number of carboxylic acids is 1. The Bertz CT molecular complexity index is 667. The number of carboxylic acid groups (broad SMARTS) is 1. The van der Waals surface area contributed by atoms with E-state index >= 15 is 0 Å². The normalized spacial score (nSPS) is 11.9. The third kappa shape index (κ3) is 5.87. The Labute approximate surface area is 140 Å². The standard InChI is InChI=1S/C18H22N2O4/c1-13(10-18(22)23)11-19-16(21)8-5-9-17-20-12-15(24-17)14-6-3-2-4-7-14/h2-4,6-7,12-13H,5,8-11H2,1H3,(H,19,21)(H,22,23). The second-order valence-electron chi connectivity index (χ2n) is 5.84. The molecular formula is C18H22N2O4. The zero-order valence-corrected chi connectivity index (χ0v) is 13.7. The van der Waals surface area contributed by atoms with Gasteiger partial charge in [0.05, 0.1) is 6.20 Å². The van der Waals surface area contributed by atoms with Crippen molar-refractivity contribution in [1.29, 1.82) is 0 Å². The van der Waals surface area contributed by atoms with E-state index in [1.165, 1.54) is 0 Å². The number of nitrogens with one attached hydrogen (secondary N) is 1. The molecule has 6 heteroatoms. The van der Waals surface area contributed by atoms with E-state index in [-0.39, 0.29) is 18.2 Å². The van der Waals surface area contributed by atoms with Crippen molar-refractivity contribution >= 4 is 11.9 Å². The second-order valence-corrected chi connectivity index (χ2v) is 5.84. The fourth-order valence-corrected chi connectivity index (χ4v) is 2.31. The Kier molecular flexibility index (Phi) is 6.54. The van der Waals surface area contributed by atoms with Crippen LogP contribution >= 0.6 is 0 Å². The average Bonchev–Trinajstić information content (AvgIpc) is 3.02. The van der Waals surface area contributed by atoms with Crippen LogP contribution in [0.3, 0.4) is 0 Å². The van der Waals surface area contributed by atoms with Crippen molar-refractivity contribution < 1.29 is 19.1 Å². The summed E-state index contributed by atoms with van der Waals surface area (Å²) in [4.78, 5) is 26.5. The van der Waals surface area contributed by atoms with Crippen LogP contribution in [-0.4, -0.2) is 28.5 Å². The van der Waals surface area contributed by atoms with Gasteiger partial charge in [-0.3, -0.25) is 9.59 Å². The Hall–Kier alpha value is -2.63. The van der Waals surface area contributed by atoms with E-state index in [0.29, 0.717) is 31.7 Å². The minimum atomic E-state index is -0.852. The monoisotopic (exact) mass is 330 g/mol. The summed E-state index contributed by atoms with van der Waals surface area (Å²) in [6, 6.07) is 9.73. The molecule has 0 aliphatic rings. The van der Waals surface area contributed by atoms with E-state index in [4.69, 9.17) is 9.52 Å². The minimum absolute atomic E-state index is 0.0544. The molecule has 24 heavy (non-hydrogen) atoms. The highest BCUT2D eigenvalue weighted by Gasteiger charge is 2.10. The van der Waals surface area contributed by atoms with Gasteiger partial charge in [-0.2, -0.15) is 0 Å². The smallest absolute Gasteiger partial charge is 0.303 e. The van der Waals surface area contributed by atoms with Crippen LogP contribution in [-0.2, 0) is 16.0 Å². The molecule has 1 atom stereocenters.